The number of hydrogen-bond donors (Lipinski definition) is 0. The van der Waals surface area contributed by atoms with Crippen LogP contribution in [-0.2, 0) is 0 Å². The molecule has 1 aromatic carbocycles. The molecule has 2 aromatic heterocycles. The van der Waals surface area contributed by atoms with Crippen molar-refractivity contribution in [1.82, 2.24) is 4.68 Å². The van der Waals surface area contributed by atoms with E-state index in [1.807, 2.05) is 23.6 Å². The fourth-order valence-electron chi connectivity index (χ4n) is 1.92. The number of thiazole rings is 1. The number of halogens is 2. The number of benzene rings is 1. The predicted molar refractivity (Wildman–Crippen MR) is 91.0 cm³/mol. The predicted octanol–water partition coefficient (Wildman–Crippen LogP) is 4.53. The summed E-state index contributed by atoms with van der Waals surface area (Å²) in [5, 5.41) is 7.55. The van der Waals surface area contributed by atoms with Crippen molar-refractivity contribution in [1.29, 1.82) is 0 Å². The molecule has 0 unspecified atom stereocenters. The number of furan rings is 1. The first-order chi connectivity index (χ1) is 10.7. The van der Waals surface area contributed by atoms with E-state index in [4.69, 9.17) is 27.6 Å². The van der Waals surface area contributed by atoms with Crippen LogP contribution in [0.1, 0.15) is 5.76 Å². The normalized spacial score (nSPS) is 12.4. The Kier molecular flexibility index (Phi) is 4.47. The zero-order valence-electron chi connectivity index (χ0n) is 11.5. The van der Waals surface area contributed by atoms with Gasteiger partial charge in [-0.15, -0.1) is 11.3 Å². The summed E-state index contributed by atoms with van der Waals surface area (Å²) in [6.45, 7) is 0. The Morgan fingerprint density at radius 3 is 2.82 bits per heavy atom. The summed E-state index contributed by atoms with van der Waals surface area (Å²) >= 11 is 13.7. The molecule has 0 saturated carbocycles. The third-order valence-corrected chi connectivity index (χ3v) is 4.38. The smallest absolute Gasteiger partial charge is 0.205 e. The Morgan fingerprint density at radius 2 is 2.14 bits per heavy atom. The van der Waals surface area contributed by atoms with Crippen molar-refractivity contribution in [2.75, 3.05) is 7.05 Å². The van der Waals surface area contributed by atoms with Crippen LogP contribution in [0.25, 0.3) is 11.3 Å². The molecule has 22 heavy (non-hydrogen) atoms. The number of rotatable bonds is 3. The number of nitrogens with zero attached hydrogens (tertiary/aromatic N) is 3. The number of hydrogen-bond acceptors (Lipinski definition) is 4. The molecule has 0 radical (unpaired) electrons. The summed E-state index contributed by atoms with van der Waals surface area (Å²) in [6.07, 6.45) is 3.23. The summed E-state index contributed by atoms with van der Waals surface area (Å²) < 4.78 is 6.98. The molecule has 7 heteroatoms. The van der Waals surface area contributed by atoms with Crippen molar-refractivity contribution in [3.8, 4) is 11.3 Å². The molecule has 112 valence electrons. The molecule has 3 rings (SSSR count). The van der Waals surface area contributed by atoms with Gasteiger partial charge in [-0.05, 0) is 30.3 Å². The Hall–Kier alpha value is -1.82. The molecule has 0 fully saturated rings. The molecule has 4 nitrogen and oxygen atoms in total. The summed E-state index contributed by atoms with van der Waals surface area (Å²) in [5.41, 5.74) is 1.68. The van der Waals surface area contributed by atoms with E-state index in [0.717, 1.165) is 16.1 Å². The van der Waals surface area contributed by atoms with Gasteiger partial charge in [0, 0.05) is 23.0 Å². The lowest BCUT2D eigenvalue weighted by molar-refractivity contribution is 0.559. The lowest BCUT2D eigenvalue weighted by atomic mass is 10.2. The van der Waals surface area contributed by atoms with Gasteiger partial charge in [0.25, 0.3) is 0 Å². The van der Waals surface area contributed by atoms with Crippen LogP contribution in [0.4, 0.5) is 0 Å². The second-order valence-corrected chi connectivity index (χ2v) is 6.00. The molecule has 0 saturated heterocycles. The van der Waals surface area contributed by atoms with Crippen molar-refractivity contribution in [3.05, 3.63) is 62.6 Å². The highest BCUT2D eigenvalue weighted by Gasteiger charge is 2.11. The van der Waals surface area contributed by atoms with E-state index < -0.39 is 0 Å². The summed E-state index contributed by atoms with van der Waals surface area (Å²) in [6, 6.07) is 9.00. The lowest BCUT2D eigenvalue weighted by Crippen LogP contribution is -2.11. The molecule has 0 aliphatic heterocycles. The van der Waals surface area contributed by atoms with E-state index in [9.17, 15) is 0 Å². The second-order valence-electron chi connectivity index (χ2n) is 4.32. The first-order valence-corrected chi connectivity index (χ1v) is 7.99. The maximum atomic E-state index is 6.29. The fourth-order valence-corrected chi connectivity index (χ4v) is 3.22. The van der Waals surface area contributed by atoms with E-state index in [-0.39, 0.29) is 0 Å². The van der Waals surface area contributed by atoms with E-state index in [1.54, 1.807) is 36.3 Å². The van der Waals surface area contributed by atoms with Gasteiger partial charge in [-0.2, -0.15) is 5.10 Å². The van der Waals surface area contributed by atoms with Crippen LogP contribution in [0.15, 0.2) is 56.5 Å². The van der Waals surface area contributed by atoms with Crippen LogP contribution in [0, 0.1) is 0 Å². The minimum absolute atomic E-state index is 0.565. The molecule has 0 aliphatic carbocycles. The largest absolute Gasteiger partial charge is 0.463 e. The van der Waals surface area contributed by atoms with Crippen molar-refractivity contribution in [3.63, 3.8) is 0 Å². The average Bonchev–Trinajstić information content (AvgIpc) is 3.14. The first kappa shape index (κ1) is 15.1. The molecular formula is C15H11Cl2N3OS. The molecule has 0 N–H and O–H groups in total. The van der Waals surface area contributed by atoms with E-state index in [1.165, 1.54) is 11.3 Å². The molecule has 0 bridgehead atoms. The zero-order valence-corrected chi connectivity index (χ0v) is 13.9. The SMILES string of the molecule is CN=c1scc(-c2ccc(Cl)cc2Cl)n1N=Cc1ccco1. The topological polar surface area (TPSA) is 42.8 Å². The van der Waals surface area contributed by atoms with Gasteiger partial charge in [0.2, 0.25) is 4.80 Å². The number of aromatic nitrogens is 1. The van der Waals surface area contributed by atoms with Gasteiger partial charge in [0.1, 0.15) is 5.76 Å². The maximum absolute atomic E-state index is 6.29. The lowest BCUT2D eigenvalue weighted by Gasteiger charge is -2.05. The van der Waals surface area contributed by atoms with Gasteiger partial charge < -0.3 is 4.42 Å². The van der Waals surface area contributed by atoms with Gasteiger partial charge in [-0.1, -0.05) is 23.2 Å². The highest BCUT2D eigenvalue weighted by molar-refractivity contribution is 7.07. The third-order valence-electron chi connectivity index (χ3n) is 2.93. The van der Waals surface area contributed by atoms with Gasteiger partial charge >= 0.3 is 0 Å². The van der Waals surface area contributed by atoms with Crippen LogP contribution >= 0.6 is 34.5 Å². The van der Waals surface area contributed by atoms with E-state index in [0.29, 0.717) is 15.8 Å². The average molecular weight is 352 g/mol. The Bertz CT molecular complexity index is 879. The molecule has 3 aromatic rings. The highest BCUT2D eigenvalue weighted by atomic mass is 35.5. The Morgan fingerprint density at radius 1 is 1.27 bits per heavy atom. The van der Waals surface area contributed by atoms with Crippen LogP contribution in [-0.4, -0.2) is 17.9 Å². The maximum Gasteiger partial charge on any atom is 0.205 e. The molecule has 0 aliphatic rings. The van der Waals surface area contributed by atoms with Gasteiger partial charge in [0.15, 0.2) is 0 Å². The highest BCUT2D eigenvalue weighted by Crippen LogP contribution is 2.30. The monoisotopic (exact) mass is 351 g/mol. The van der Waals surface area contributed by atoms with E-state index >= 15 is 0 Å². The van der Waals surface area contributed by atoms with Crippen LogP contribution in [0.3, 0.4) is 0 Å². The second kappa shape index (κ2) is 6.52. The zero-order chi connectivity index (χ0) is 15.5. The van der Waals surface area contributed by atoms with Crippen LogP contribution < -0.4 is 4.80 Å². The quantitative estimate of drug-likeness (QED) is 0.639. The minimum Gasteiger partial charge on any atom is -0.463 e. The molecule has 0 atom stereocenters. The van der Waals surface area contributed by atoms with Crippen molar-refractivity contribution in [2.24, 2.45) is 10.1 Å². The van der Waals surface area contributed by atoms with E-state index in [2.05, 4.69) is 10.1 Å². The molecular weight excluding hydrogens is 341 g/mol. The standard InChI is InChI=1S/C15H11Cl2N3OS/c1-18-15-20(19-8-11-3-2-6-21-11)14(9-22-15)12-5-4-10(16)7-13(12)17/h2-9H,1H3. The fraction of sp³-hybridized carbons (Fsp3) is 0.0667. The Balaban J connectivity index is 2.11. The van der Waals surface area contributed by atoms with Crippen LogP contribution in [0.2, 0.25) is 10.0 Å². The van der Waals surface area contributed by atoms with Crippen molar-refractivity contribution >= 4 is 40.8 Å². The molecule has 0 amide bonds. The summed E-state index contributed by atoms with van der Waals surface area (Å²) in [5.74, 6) is 0.661. The van der Waals surface area contributed by atoms with Crippen molar-refractivity contribution in [2.45, 2.75) is 0 Å². The van der Waals surface area contributed by atoms with Gasteiger partial charge in [-0.25, -0.2) is 4.68 Å². The summed E-state index contributed by atoms with van der Waals surface area (Å²) in [4.78, 5) is 4.99. The van der Waals surface area contributed by atoms with Crippen molar-refractivity contribution < 1.29 is 4.42 Å². The Labute approximate surface area is 141 Å². The molecule has 2 heterocycles. The summed E-state index contributed by atoms with van der Waals surface area (Å²) in [7, 11) is 1.72. The van der Waals surface area contributed by atoms with Crippen LogP contribution in [0.5, 0.6) is 0 Å². The first-order valence-electron chi connectivity index (χ1n) is 6.35. The van der Waals surface area contributed by atoms with Gasteiger partial charge in [0.05, 0.1) is 23.2 Å². The molecule has 0 spiro atoms. The minimum atomic E-state index is 0.565. The third kappa shape index (κ3) is 3.02. The van der Waals surface area contributed by atoms with Gasteiger partial charge in [-0.3, -0.25) is 4.99 Å².